The van der Waals surface area contributed by atoms with Crippen molar-refractivity contribution in [2.45, 2.75) is 38.7 Å². The van der Waals surface area contributed by atoms with E-state index in [1.807, 2.05) is 33.0 Å². The Bertz CT molecular complexity index is 1770. The monoisotopic (exact) mass is 500 g/mol. The zero-order valence-electron chi connectivity index (χ0n) is 21.0. The van der Waals surface area contributed by atoms with E-state index in [9.17, 15) is 13.6 Å². The van der Waals surface area contributed by atoms with Crippen LogP contribution in [0.3, 0.4) is 0 Å². The number of hydrogen-bond donors (Lipinski definition) is 1. The second kappa shape index (κ2) is 8.19. The van der Waals surface area contributed by atoms with Gasteiger partial charge in [0, 0.05) is 60.2 Å². The summed E-state index contributed by atoms with van der Waals surface area (Å²) in [6.07, 6.45) is 3.77. The van der Waals surface area contributed by atoms with Crippen LogP contribution < -0.4 is 10.9 Å². The molecule has 1 N–H and O–H groups in total. The zero-order valence-corrected chi connectivity index (χ0v) is 21.0. The SMILES string of the molecule is Cc1nc(N[C@H](C)c2cccc3c2CCC3(F)F)c2cc(-c3ccc(=O)n(C)c3)c3c(cnn3C)c2n1. The van der Waals surface area contributed by atoms with Crippen LogP contribution >= 0.6 is 0 Å². The van der Waals surface area contributed by atoms with Crippen molar-refractivity contribution in [1.82, 2.24) is 24.3 Å². The average Bonchev–Trinajstić information content (AvgIpc) is 3.40. The number of halogens is 2. The largest absolute Gasteiger partial charge is 0.363 e. The third kappa shape index (κ3) is 3.68. The van der Waals surface area contributed by atoms with Crippen molar-refractivity contribution in [3.63, 3.8) is 0 Å². The lowest BCUT2D eigenvalue weighted by Crippen LogP contribution is -2.14. The van der Waals surface area contributed by atoms with E-state index in [1.54, 1.807) is 46.9 Å². The first-order valence-electron chi connectivity index (χ1n) is 12.2. The Hall–Kier alpha value is -4.14. The van der Waals surface area contributed by atoms with Crippen molar-refractivity contribution >= 4 is 27.6 Å². The highest BCUT2D eigenvalue weighted by atomic mass is 19.3. The van der Waals surface area contributed by atoms with E-state index in [-0.39, 0.29) is 23.6 Å². The predicted octanol–water partition coefficient (Wildman–Crippen LogP) is 5.40. The minimum Gasteiger partial charge on any atom is -0.363 e. The molecular weight excluding hydrogens is 474 g/mol. The lowest BCUT2D eigenvalue weighted by Gasteiger charge is -2.21. The molecular formula is C28H26F2N6O. The van der Waals surface area contributed by atoms with Crippen molar-refractivity contribution in [2.24, 2.45) is 14.1 Å². The summed E-state index contributed by atoms with van der Waals surface area (Å²) in [5, 5.41) is 9.64. The molecule has 0 saturated heterocycles. The molecule has 0 fully saturated rings. The van der Waals surface area contributed by atoms with Gasteiger partial charge in [0.05, 0.1) is 23.3 Å². The summed E-state index contributed by atoms with van der Waals surface area (Å²) in [6.45, 7) is 3.80. The normalized spacial score (nSPS) is 15.3. The van der Waals surface area contributed by atoms with Crippen LogP contribution in [0.4, 0.5) is 14.6 Å². The molecule has 37 heavy (non-hydrogen) atoms. The molecule has 3 heterocycles. The highest BCUT2D eigenvalue weighted by Gasteiger charge is 2.40. The molecule has 0 aliphatic heterocycles. The Labute approximate surface area is 211 Å². The molecule has 2 aromatic carbocycles. The molecule has 1 atom stereocenters. The van der Waals surface area contributed by atoms with Crippen molar-refractivity contribution in [3.8, 4) is 11.1 Å². The van der Waals surface area contributed by atoms with Crippen LogP contribution in [0.15, 0.2) is 53.6 Å². The van der Waals surface area contributed by atoms with Gasteiger partial charge in [-0.2, -0.15) is 5.10 Å². The fourth-order valence-corrected chi connectivity index (χ4v) is 5.48. The fourth-order valence-electron chi connectivity index (χ4n) is 5.48. The maximum absolute atomic E-state index is 14.4. The number of benzene rings is 2. The van der Waals surface area contributed by atoms with Gasteiger partial charge in [0.1, 0.15) is 11.6 Å². The first kappa shape index (κ1) is 23.3. The fraction of sp³-hybridized carbons (Fsp3) is 0.286. The van der Waals surface area contributed by atoms with E-state index >= 15 is 0 Å². The number of alkyl halides is 2. The van der Waals surface area contributed by atoms with Crippen molar-refractivity contribution in [3.05, 3.63) is 81.7 Å². The predicted molar refractivity (Wildman–Crippen MR) is 140 cm³/mol. The number of aromatic nitrogens is 5. The van der Waals surface area contributed by atoms with Gasteiger partial charge in [-0.3, -0.25) is 9.48 Å². The van der Waals surface area contributed by atoms with Crippen LogP contribution in [0.1, 0.15) is 41.9 Å². The summed E-state index contributed by atoms with van der Waals surface area (Å²) in [5.74, 6) is -1.58. The number of rotatable bonds is 4. The van der Waals surface area contributed by atoms with E-state index < -0.39 is 5.92 Å². The van der Waals surface area contributed by atoms with Gasteiger partial charge in [0.15, 0.2) is 0 Å². The summed E-state index contributed by atoms with van der Waals surface area (Å²) in [4.78, 5) is 21.5. The lowest BCUT2D eigenvalue weighted by atomic mass is 9.97. The minimum atomic E-state index is -2.79. The summed E-state index contributed by atoms with van der Waals surface area (Å²) in [5.41, 5.74) is 4.98. The van der Waals surface area contributed by atoms with Crippen LogP contribution in [0.25, 0.3) is 32.9 Å². The summed E-state index contributed by atoms with van der Waals surface area (Å²) < 4.78 is 32.2. The van der Waals surface area contributed by atoms with Gasteiger partial charge in [-0.15, -0.1) is 0 Å². The summed E-state index contributed by atoms with van der Waals surface area (Å²) in [7, 11) is 3.59. The number of nitrogens with one attached hydrogen (secondary N) is 1. The van der Waals surface area contributed by atoms with Gasteiger partial charge in [-0.25, -0.2) is 18.7 Å². The van der Waals surface area contributed by atoms with E-state index in [0.717, 1.165) is 38.5 Å². The quantitative estimate of drug-likeness (QED) is 0.358. The molecule has 188 valence electrons. The molecule has 0 amide bonds. The van der Waals surface area contributed by atoms with Gasteiger partial charge < -0.3 is 9.88 Å². The van der Waals surface area contributed by atoms with Gasteiger partial charge >= 0.3 is 0 Å². The third-order valence-corrected chi connectivity index (χ3v) is 7.31. The molecule has 0 bridgehead atoms. The molecule has 0 unspecified atom stereocenters. The number of hydrogen-bond acceptors (Lipinski definition) is 5. The van der Waals surface area contributed by atoms with Crippen LogP contribution in [0.2, 0.25) is 0 Å². The Morgan fingerprint density at radius 3 is 2.70 bits per heavy atom. The number of fused-ring (bicyclic) bond motifs is 4. The molecule has 0 spiro atoms. The Kier molecular flexibility index (Phi) is 5.15. The average molecular weight is 501 g/mol. The van der Waals surface area contributed by atoms with Crippen LogP contribution in [-0.2, 0) is 26.4 Å². The van der Waals surface area contributed by atoms with Gasteiger partial charge in [-0.1, -0.05) is 18.2 Å². The molecule has 0 saturated carbocycles. The first-order valence-corrected chi connectivity index (χ1v) is 12.2. The maximum atomic E-state index is 14.4. The summed E-state index contributed by atoms with van der Waals surface area (Å²) in [6, 6.07) is 10.2. The molecule has 0 radical (unpaired) electrons. The van der Waals surface area contributed by atoms with Crippen molar-refractivity contribution < 1.29 is 8.78 Å². The molecule has 6 rings (SSSR count). The first-order chi connectivity index (χ1) is 17.6. The lowest BCUT2D eigenvalue weighted by molar-refractivity contribution is -0.00184. The molecule has 5 aromatic rings. The Morgan fingerprint density at radius 1 is 1.11 bits per heavy atom. The molecule has 1 aliphatic rings. The Balaban J connectivity index is 1.53. The van der Waals surface area contributed by atoms with Crippen LogP contribution in [0, 0.1) is 6.92 Å². The maximum Gasteiger partial charge on any atom is 0.273 e. The van der Waals surface area contributed by atoms with Crippen molar-refractivity contribution in [2.75, 3.05) is 5.32 Å². The molecule has 3 aromatic heterocycles. The van der Waals surface area contributed by atoms with E-state index in [2.05, 4.69) is 10.4 Å². The zero-order chi connectivity index (χ0) is 26.1. The van der Waals surface area contributed by atoms with Crippen LogP contribution in [-0.4, -0.2) is 24.3 Å². The molecule has 7 nitrogen and oxygen atoms in total. The third-order valence-electron chi connectivity index (χ3n) is 7.31. The van der Waals surface area contributed by atoms with Gasteiger partial charge in [-0.05, 0) is 43.5 Å². The van der Waals surface area contributed by atoms with Gasteiger partial charge in [0.2, 0.25) is 5.56 Å². The van der Waals surface area contributed by atoms with Crippen LogP contribution in [0.5, 0.6) is 0 Å². The highest BCUT2D eigenvalue weighted by molar-refractivity contribution is 6.13. The van der Waals surface area contributed by atoms with Gasteiger partial charge in [0.25, 0.3) is 5.92 Å². The number of pyridine rings is 1. The van der Waals surface area contributed by atoms with E-state index in [4.69, 9.17) is 9.97 Å². The summed E-state index contributed by atoms with van der Waals surface area (Å²) >= 11 is 0. The van der Waals surface area contributed by atoms with E-state index in [0.29, 0.717) is 23.6 Å². The second-order valence-electron chi connectivity index (χ2n) is 9.78. The number of nitrogens with zero attached hydrogens (tertiary/aromatic N) is 5. The Morgan fingerprint density at radius 2 is 1.92 bits per heavy atom. The molecule has 9 heteroatoms. The standard InChI is InChI=1S/C28H26F2N6O/c1-15(18-6-5-7-23-19(18)10-11-28(23,29)30)32-27-21-12-20(17-8-9-24(37)35(3)14-17)26-22(13-31-36(26)4)25(21)33-16(2)34-27/h5-9,12-15H,10-11H2,1-4H3,(H,32,33,34)/t15-/m1/s1. The topological polar surface area (TPSA) is 77.6 Å². The smallest absolute Gasteiger partial charge is 0.273 e. The minimum absolute atomic E-state index is 0.0955. The molecule has 1 aliphatic carbocycles. The second-order valence-corrected chi connectivity index (χ2v) is 9.78. The highest BCUT2D eigenvalue weighted by Crippen LogP contribution is 2.44. The number of anilines is 1. The van der Waals surface area contributed by atoms with Crippen molar-refractivity contribution in [1.29, 1.82) is 0 Å². The van der Waals surface area contributed by atoms with E-state index in [1.165, 1.54) is 6.07 Å². The number of aryl methyl sites for hydroxylation is 3.